The third-order valence-corrected chi connectivity index (χ3v) is 6.47. The minimum Gasteiger partial charge on any atom is -0.399 e. The number of pyridine rings is 1. The predicted molar refractivity (Wildman–Crippen MR) is 128 cm³/mol. The molecule has 0 spiro atoms. The fourth-order valence-electron chi connectivity index (χ4n) is 3.77. The molecule has 4 rings (SSSR count). The van der Waals surface area contributed by atoms with Gasteiger partial charge in [0.25, 0.3) is 5.91 Å². The highest BCUT2D eigenvalue weighted by molar-refractivity contribution is 6.62. The van der Waals surface area contributed by atoms with Gasteiger partial charge in [0.1, 0.15) is 6.04 Å². The number of nitrogens with one attached hydrogen (secondary N) is 1. The molecule has 33 heavy (non-hydrogen) atoms. The number of fused-ring (bicyclic) bond motifs is 1. The van der Waals surface area contributed by atoms with Gasteiger partial charge in [-0.15, -0.1) is 0 Å². The molecule has 3 aromatic rings. The molecule has 2 heterocycles. The Balaban J connectivity index is 1.47. The molecule has 3 N–H and O–H groups in total. The van der Waals surface area contributed by atoms with Crippen LogP contribution in [0.25, 0.3) is 10.9 Å². The van der Waals surface area contributed by atoms with Crippen molar-refractivity contribution in [1.29, 1.82) is 0 Å². The van der Waals surface area contributed by atoms with Crippen molar-refractivity contribution >= 4 is 35.3 Å². The van der Waals surface area contributed by atoms with Crippen molar-refractivity contribution in [3.63, 3.8) is 0 Å². The minimum absolute atomic E-state index is 0.267. The van der Waals surface area contributed by atoms with Crippen LogP contribution < -0.4 is 16.5 Å². The van der Waals surface area contributed by atoms with Crippen LogP contribution in [0.1, 0.15) is 43.6 Å². The molecule has 1 atom stereocenters. The van der Waals surface area contributed by atoms with E-state index >= 15 is 0 Å². The lowest BCUT2D eigenvalue weighted by molar-refractivity contribution is -0.119. The van der Waals surface area contributed by atoms with Crippen LogP contribution in [-0.4, -0.2) is 41.2 Å². The van der Waals surface area contributed by atoms with E-state index in [1.54, 1.807) is 18.3 Å². The minimum atomic E-state index is -0.862. The molecule has 1 fully saturated rings. The monoisotopic (exact) mass is 445 g/mol. The molecule has 0 bridgehead atoms. The molecule has 1 aromatic heterocycles. The highest BCUT2D eigenvalue weighted by atomic mass is 16.7. The Hall–Kier alpha value is -3.23. The molecule has 2 amide bonds. The molecular weight excluding hydrogens is 417 g/mol. The number of carbonyl (C=O) groups excluding carboxylic acids is 2. The normalized spacial score (nSPS) is 17.6. The first-order valence-corrected chi connectivity index (χ1v) is 11.0. The molecular formula is C25H28BN3O4. The Labute approximate surface area is 193 Å². The summed E-state index contributed by atoms with van der Waals surface area (Å²) in [5.41, 5.74) is 7.48. The van der Waals surface area contributed by atoms with Gasteiger partial charge in [-0.3, -0.25) is 14.6 Å². The number of aromatic nitrogens is 1. The quantitative estimate of drug-likeness (QED) is 0.567. The topological polar surface area (TPSA) is 104 Å². The van der Waals surface area contributed by atoms with Crippen LogP contribution in [-0.2, 0) is 20.5 Å². The van der Waals surface area contributed by atoms with E-state index in [9.17, 15) is 9.59 Å². The van der Waals surface area contributed by atoms with E-state index in [-0.39, 0.29) is 6.42 Å². The van der Waals surface area contributed by atoms with Crippen LogP contribution in [0.5, 0.6) is 0 Å². The fourth-order valence-corrected chi connectivity index (χ4v) is 3.77. The van der Waals surface area contributed by atoms with E-state index in [0.29, 0.717) is 11.1 Å². The highest BCUT2D eigenvalue weighted by Gasteiger charge is 2.51. The summed E-state index contributed by atoms with van der Waals surface area (Å²) in [5.74, 6) is -0.997. The number of para-hydroxylation sites is 1. The summed E-state index contributed by atoms with van der Waals surface area (Å²) in [4.78, 5) is 29.3. The highest BCUT2D eigenvalue weighted by Crippen LogP contribution is 2.36. The summed E-state index contributed by atoms with van der Waals surface area (Å²) in [6.45, 7) is 8.03. The van der Waals surface area contributed by atoms with Gasteiger partial charge >= 0.3 is 7.12 Å². The lowest BCUT2D eigenvalue weighted by atomic mass is 9.78. The second kappa shape index (κ2) is 8.61. The van der Waals surface area contributed by atoms with Crippen LogP contribution in [0.4, 0.5) is 0 Å². The third-order valence-electron chi connectivity index (χ3n) is 6.47. The van der Waals surface area contributed by atoms with Gasteiger partial charge < -0.3 is 20.4 Å². The molecule has 0 radical (unpaired) electrons. The van der Waals surface area contributed by atoms with Crippen LogP contribution in [0.2, 0.25) is 0 Å². The SMILES string of the molecule is CC1(C)OB(c2ccc(C[C@H](NC(=O)c3cccc4cccnc34)C(N)=O)cc2)OC1(C)C. The molecule has 8 heteroatoms. The van der Waals surface area contributed by atoms with E-state index in [4.69, 9.17) is 15.0 Å². The predicted octanol–water partition coefficient (Wildman–Crippen LogP) is 2.36. The van der Waals surface area contributed by atoms with Gasteiger partial charge in [0.2, 0.25) is 5.91 Å². The summed E-state index contributed by atoms with van der Waals surface area (Å²) in [6.07, 6.45) is 1.90. The second-order valence-electron chi connectivity index (χ2n) is 9.34. The maximum absolute atomic E-state index is 12.9. The van der Waals surface area contributed by atoms with Crippen LogP contribution in [0.3, 0.4) is 0 Å². The summed E-state index contributed by atoms with van der Waals surface area (Å²) in [6, 6.07) is 15.8. The maximum Gasteiger partial charge on any atom is 0.494 e. The Bertz CT molecular complexity index is 1170. The first-order chi connectivity index (χ1) is 15.6. The summed E-state index contributed by atoms with van der Waals surface area (Å²) < 4.78 is 12.2. The van der Waals surface area contributed by atoms with Crippen molar-refractivity contribution in [2.24, 2.45) is 5.73 Å². The largest absolute Gasteiger partial charge is 0.494 e. The molecule has 1 saturated heterocycles. The van der Waals surface area contributed by atoms with Crippen molar-refractivity contribution in [2.75, 3.05) is 0 Å². The van der Waals surface area contributed by atoms with Crippen molar-refractivity contribution < 1.29 is 18.9 Å². The molecule has 0 aliphatic carbocycles. The molecule has 1 aliphatic rings. The van der Waals surface area contributed by atoms with Crippen molar-refractivity contribution in [3.05, 3.63) is 71.9 Å². The Morgan fingerprint density at radius 1 is 1.00 bits per heavy atom. The number of primary amides is 1. The first kappa shape index (κ1) is 23.0. The fraction of sp³-hybridized carbons (Fsp3) is 0.320. The summed E-state index contributed by atoms with van der Waals surface area (Å²) >= 11 is 0. The maximum atomic E-state index is 12.9. The lowest BCUT2D eigenvalue weighted by Gasteiger charge is -2.32. The van der Waals surface area contributed by atoms with E-state index in [0.717, 1.165) is 16.4 Å². The average molecular weight is 445 g/mol. The van der Waals surface area contributed by atoms with Gasteiger partial charge in [0.05, 0.1) is 22.3 Å². The van der Waals surface area contributed by atoms with E-state index in [2.05, 4.69) is 10.3 Å². The second-order valence-corrected chi connectivity index (χ2v) is 9.34. The van der Waals surface area contributed by atoms with E-state index in [1.165, 1.54) is 0 Å². The van der Waals surface area contributed by atoms with Crippen LogP contribution >= 0.6 is 0 Å². The van der Waals surface area contributed by atoms with E-state index < -0.39 is 36.2 Å². The molecule has 2 aromatic carbocycles. The number of amides is 2. The van der Waals surface area contributed by atoms with E-state index in [1.807, 2.05) is 70.2 Å². The first-order valence-electron chi connectivity index (χ1n) is 11.0. The number of rotatable bonds is 6. The number of nitrogens with two attached hydrogens (primary N) is 1. The molecule has 0 saturated carbocycles. The van der Waals surface area contributed by atoms with Gasteiger partial charge in [0, 0.05) is 18.0 Å². The Morgan fingerprint density at radius 2 is 1.64 bits per heavy atom. The van der Waals surface area contributed by atoms with Gasteiger partial charge in [-0.05, 0) is 50.9 Å². The lowest BCUT2D eigenvalue weighted by Crippen LogP contribution is -2.46. The van der Waals surface area contributed by atoms with Crippen molar-refractivity contribution in [1.82, 2.24) is 10.3 Å². The van der Waals surface area contributed by atoms with Crippen LogP contribution in [0, 0.1) is 0 Å². The standard InChI is InChI=1S/C25H28BN3O4/c1-24(2)25(3,4)33-26(32-24)18-12-10-16(11-13-18)15-20(22(27)30)29-23(31)19-9-5-7-17-8-6-14-28-21(17)19/h5-14,20H,15H2,1-4H3,(H2,27,30)(H,29,31)/t20-/m0/s1. The summed E-state index contributed by atoms with van der Waals surface area (Å²) in [7, 11) is -0.463. The summed E-state index contributed by atoms with van der Waals surface area (Å²) in [5, 5.41) is 3.61. The van der Waals surface area contributed by atoms with Crippen molar-refractivity contribution in [2.45, 2.75) is 51.4 Å². The number of hydrogen-bond donors (Lipinski definition) is 2. The van der Waals surface area contributed by atoms with Crippen molar-refractivity contribution in [3.8, 4) is 0 Å². The van der Waals surface area contributed by atoms with Crippen LogP contribution in [0.15, 0.2) is 60.8 Å². The Morgan fingerprint density at radius 3 is 2.27 bits per heavy atom. The molecule has 7 nitrogen and oxygen atoms in total. The van der Waals surface area contributed by atoms with Gasteiger partial charge in [0.15, 0.2) is 0 Å². The zero-order chi connectivity index (χ0) is 23.8. The smallest absolute Gasteiger partial charge is 0.399 e. The number of nitrogens with zero attached hydrogens (tertiary/aromatic N) is 1. The molecule has 0 unspecified atom stereocenters. The molecule has 1 aliphatic heterocycles. The third kappa shape index (κ3) is 4.63. The molecule has 170 valence electrons. The number of hydrogen-bond acceptors (Lipinski definition) is 5. The average Bonchev–Trinajstić information content (AvgIpc) is 3.00. The van der Waals surface area contributed by atoms with Gasteiger partial charge in [-0.25, -0.2) is 0 Å². The number of benzene rings is 2. The zero-order valence-electron chi connectivity index (χ0n) is 19.3. The number of carbonyl (C=O) groups is 2. The van der Waals surface area contributed by atoms with Gasteiger partial charge in [-0.2, -0.15) is 0 Å². The van der Waals surface area contributed by atoms with Gasteiger partial charge in [-0.1, -0.05) is 42.5 Å². The zero-order valence-corrected chi connectivity index (χ0v) is 19.3. The Kier molecular flexibility index (Phi) is 5.99.